The summed E-state index contributed by atoms with van der Waals surface area (Å²) in [5, 5.41) is 0. The molecule has 0 saturated heterocycles. The van der Waals surface area contributed by atoms with Gasteiger partial charge in [0.1, 0.15) is 0 Å². The molecule has 1 aromatic rings. The molecule has 0 aromatic heterocycles. The van der Waals surface area contributed by atoms with Crippen molar-refractivity contribution in [3.05, 3.63) is 24.3 Å². The molecule has 0 aliphatic heterocycles. The van der Waals surface area contributed by atoms with Gasteiger partial charge in [0.15, 0.2) is 0 Å². The number of benzene rings is 1. The second-order valence-electron chi connectivity index (χ2n) is 4.59. The highest BCUT2D eigenvalue weighted by Gasteiger charge is 2.27. The van der Waals surface area contributed by atoms with Crippen LogP contribution in [-0.4, -0.2) is 26.0 Å². The summed E-state index contributed by atoms with van der Waals surface area (Å²) in [7, 11) is -3.48. The topological polar surface area (TPSA) is 84.2 Å². The van der Waals surface area contributed by atoms with Gasteiger partial charge in [-0.15, -0.1) is 0 Å². The molecule has 0 saturated carbocycles. The standard InChI is InChI=1S/C13H23N3O2S2/c1-4-13(5-2,19-3)10-15-20(17,18)12-8-6-11(16-14)7-9-12/h6-9,15-16H,4-5,10,14H2,1-3H3. The van der Waals surface area contributed by atoms with Gasteiger partial charge in [-0.3, -0.25) is 5.84 Å². The Kier molecular flexibility index (Phi) is 6.32. The van der Waals surface area contributed by atoms with E-state index >= 15 is 0 Å². The van der Waals surface area contributed by atoms with Crippen LogP contribution < -0.4 is 16.0 Å². The van der Waals surface area contributed by atoms with Gasteiger partial charge in [0.2, 0.25) is 10.0 Å². The number of nitrogens with one attached hydrogen (secondary N) is 2. The maximum absolute atomic E-state index is 12.3. The normalized spacial score (nSPS) is 12.4. The Balaban J connectivity index is 2.84. The maximum Gasteiger partial charge on any atom is 0.240 e. The van der Waals surface area contributed by atoms with E-state index in [1.54, 1.807) is 23.9 Å². The predicted molar refractivity (Wildman–Crippen MR) is 86.3 cm³/mol. The van der Waals surface area contributed by atoms with E-state index < -0.39 is 10.0 Å². The van der Waals surface area contributed by atoms with Gasteiger partial charge in [-0.25, -0.2) is 13.1 Å². The lowest BCUT2D eigenvalue weighted by molar-refractivity contribution is 0.522. The van der Waals surface area contributed by atoms with E-state index in [0.29, 0.717) is 12.2 Å². The molecule has 1 aromatic carbocycles. The third-order valence-electron chi connectivity index (χ3n) is 3.64. The fourth-order valence-corrected chi connectivity index (χ4v) is 3.91. The van der Waals surface area contributed by atoms with Crippen LogP contribution in [0.15, 0.2) is 29.2 Å². The van der Waals surface area contributed by atoms with Crippen LogP contribution in [0, 0.1) is 0 Å². The second-order valence-corrected chi connectivity index (χ2v) is 7.63. The first kappa shape index (κ1) is 17.3. The van der Waals surface area contributed by atoms with Crippen LogP contribution in [0.2, 0.25) is 0 Å². The quantitative estimate of drug-likeness (QED) is 0.505. The van der Waals surface area contributed by atoms with E-state index in [2.05, 4.69) is 24.0 Å². The molecule has 0 bridgehead atoms. The van der Waals surface area contributed by atoms with Crippen LogP contribution in [0.4, 0.5) is 5.69 Å². The van der Waals surface area contributed by atoms with E-state index in [-0.39, 0.29) is 9.64 Å². The average Bonchev–Trinajstić information content (AvgIpc) is 2.49. The first-order valence-electron chi connectivity index (χ1n) is 6.54. The predicted octanol–water partition coefficient (Wildman–Crippen LogP) is 2.17. The Morgan fingerprint density at radius 2 is 1.75 bits per heavy atom. The lowest BCUT2D eigenvalue weighted by Crippen LogP contribution is -2.39. The number of thioether (sulfide) groups is 1. The first-order valence-corrected chi connectivity index (χ1v) is 9.25. The molecule has 0 radical (unpaired) electrons. The molecule has 5 nitrogen and oxygen atoms in total. The summed E-state index contributed by atoms with van der Waals surface area (Å²) in [6.07, 6.45) is 3.86. The Bertz CT molecular complexity index is 503. The maximum atomic E-state index is 12.3. The van der Waals surface area contributed by atoms with E-state index in [1.165, 1.54) is 12.1 Å². The highest BCUT2D eigenvalue weighted by molar-refractivity contribution is 8.00. The number of nitrogens with two attached hydrogens (primary N) is 1. The Hall–Kier alpha value is -0.760. The minimum Gasteiger partial charge on any atom is -0.324 e. The van der Waals surface area contributed by atoms with E-state index in [4.69, 9.17) is 5.84 Å². The van der Waals surface area contributed by atoms with Crippen LogP contribution in [0.1, 0.15) is 26.7 Å². The number of nitrogen functional groups attached to an aromatic ring is 1. The molecule has 0 heterocycles. The van der Waals surface area contributed by atoms with Crippen LogP contribution >= 0.6 is 11.8 Å². The van der Waals surface area contributed by atoms with E-state index in [9.17, 15) is 8.42 Å². The molecule has 1 rings (SSSR count). The van der Waals surface area contributed by atoms with Crippen molar-refractivity contribution >= 4 is 27.5 Å². The largest absolute Gasteiger partial charge is 0.324 e. The highest BCUT2D eigenvalue weighted by Crippen LogP contribution is 2.30. The second kappa shape index (κ2) is 7.31. The van der Waals surface area contributed by atoms with Gasteiger partial charge in [0.05, 0.1) is 4.90 Å². The molecule has 0 atom stereocenters. The van der Waals surface area contributed by atoms with E-state index in [1.807, 2.05) is 6.26 Å². The molecule has 0 amide bonds. The van der Waals surface area contributed by atoms with Crippen molar-refractivity contribution in [2.45, 2.75) is 36.3 Å². The number of anilines is 1. The van der Waals surface area contributed by atoms with Gasteiger partial charge in [-0.1, -0.05) is 13.8 Å². The lowest BCUT2D eigenvalue weighted by atomic mass is 10.0. The molecule has 4 N–H and O–H groups in total. The van der Waals surface area contributed by atoms with Gasteiger partial charge in [0.25, 0.3) is 0 Å². The minimum absolute atomic E-state index is 0.0498. The van der Waals surface area contributed by atoms with Gasteiger partial charge in [-0.05, 0) is 43.4 Å². The van der Waals surface area contributed by atoms with Crippen molar-refractivity contribution in [2.75, 3.05) is 18.2 Å². The lowest BCUT2D eigenvalue weighted by Gasteiger charge is -2.29. The average molecular weight is 317 g/mol. The van der Waals surface area contributed by atoms with Crippen molar-refractivity contribution in [2.24, 2.45) is 5.84 Å². The van der Waals surface area contributed by atoms with E-state index in [0.717, 1.165) is 12.8 Å². The third-order valence-corrected chi connectivity index (χ3v) is 6.64. The first-order chi connectivity index (χ1) is 9.43. The summed E-state index contributed by atoms with van der Waals surface area (Å²) in [6.45, 7) is 4.59. The van der Waals surface area contributed by atoms with Crippen molar-refractivity contribution < 1.29 is 8.42 Å². The molecular weight excluding hydrogens is 294 g/mol. The van der Waals surface area contributed by atoms with Crippen molar-refractivity contribution in [1.82, 2.24) is 4.72 Å². The molecular formula is C13H23N3O2S2. The zero-order valence-electron chi connectivity index (χ0n) is 12.1. The van der Waals surface area contributed by atoms with Gasteiger partial charge < -0.3 is 5.43 Å². The van der Waals surface area contributed by atoms with Gasteiger partial charge in [0, 0.05) is 17.0 Å². The van der Waals surface area contributed by atoms with Crippen molar-refractivity contribution in [3.8, 4) is 0 Å². The fourth-order valence-electron chi connectivity index (χ4n) is 1.90. The molecule has 20 heavy (non-hydrogen) atoms. The number of hydrazine groups is 1. The Morgan fingerprint density at radius 1 is 1.20 bits per heavy atom. The van der Waals surface area contributed by atoms with Crippen molar-refractivity contribution in [3.63, 3.8) is 0 Å². The summed E-state index contributed by atoms with van der Waals surface area (Å²) in [5.74, 6) is 5.26. The molecule has 0 aliphatic rings. The molecule has 0 unspecified atom stereocenters. The third kappa shape index (κ3) is 4.12. The van der Waals surface area contributed by atoms with Gasteiger partial charge in [-0.2, -0.15) is 11.8 Å². The zero-order chi connectivity index (χ0) is 15.2. The summed E-state index contributed by atoms with van der Waals surface area (Å²) >= 11 is 1.71. The number of sulfonamides is 1. The van der Waals surface area contributed by atoms with Crippen molar-refractivity contribution in [1.29, 1.82) is 0 Å². The minimum atomic E-state index is -3.48. The fraction of sp³-hybridized carbons (Fsp3) is 0.538. The van der Waals surface area contributed by atoms with Gasteiger partial charge >= 0.3 is 0 Å². The molecule has 0 aliphatic carbocycles. The molecule has 7 heteroatoms. The number of rotatable bonds is 8. The Morgan fingerprint density at radius 3 is 2.15 bits per heavy atom. The van der Waals surface area contributed by atoms with Crippen LogP contribution in [0.5, 0.6) is 0 Å². The molecule has 0 fully saturated rings. The summed E-state index contributed by atoms with van der Waals surface area (Å²) in [5.41, 5.74) is 3.14. The zero-order valence-corrected chi connectivity index (χ0v) is 13.8. The SMILES string of the molecule is CCC(CC)(CNS(=O)(=O)c1ccc(NN)cc1)SC. The highest BCUT2D eigenvalue weighted by atomic mass is 32.2. The number of hydrogen-bond acceptors (Lipinski definition) is 5. The molecule has 114 valence electrons. The Labute approximate surface area is 125 Å². The number of hydrogen-bond donors (Lipinski definition) is 3. The van der Waals surface area contributed by atoms with Crippen LogP contribution in [-0.2, 0) is 10.0 Å². The summed E-state index contributed by atoms with van der Waals surface area (Å²) < 4.78 is 27.2. The van der Waals surface area contributed by atoms with Crippen LogP contribution in [0.3, 0.4) is 0 Å². The van der Waals surface area contributed by atoms with Crippen LogP contribution in [0.25, 0.3) is 0 Å². The summed E-state index contributed by atoms with van der Waals surface area (Å²) in [6, 6.07) is 6.35. The summed E-state index contributed by atoms with van der Waals surface area (Å²) in [4.78, 5) is 0.249. The smallest absolute Gasteiger partial charge is 0.240 e. The monoisotopic (exact) mass is 317 g/mol. The molecule has 0 spiro atoms.